The predicted octanol–water partition coefficient (Wildman–Crippen LogP) is 0.830. The zero-order chi connectivity index (χ0) is 17.3. The van der Waals surface area contributed by atoms with Crippen molar-refractivity contribution in [3.8, 4) is 0 Å². The van der Waals surface area contributed by atoms with Crippen LogP contribution in [0.4, 0.5) is 4.39 Å². The Kier molecular flexibility index (Phi) is 4.86. The third-order valence-electron chi connectivity index (χ3n) is 4.61. The van der Waals surface area contributed by atoms with Gasteiger partial charge in [-0.1, -0.05) is 12.1 Å². The topological polar surface area (TPSA) is 90.0 Å². The molecule has 2 N–H and O–H groups in total. The van der Waals surface area contributed by atoms with Gasteiger partial charge in [0.05, 0.1) is 6.54 Å². The van der Waals surface area contributed by atoms with Crippen LogP contribution in [0.5, 0.6) is 0 Å². The number of hydroxylamine groups is 2. The summed E-state index contributed by atoms with van der Waals surface area (Å²) in [5, 5.41) is 9.80. The molecule has 9 heteroatoms. The van der Waals surface area contributed by atoms with E-state index < -0.39 is 22.2 Å². The van der Waals surface area contributed by atoms with E-state index in [1.807, 2.05) is 0 Å². The van der Waals surface area contributed by atoms with Gasteiger partial charge in [0.1, 0.15) is 11.9 Å². The van der Waals surface area contributed by atoms with E-state index in [-0.39, 0.29) is 24.7 Å². The molecule has 0 saturated carbocycles. The summed E-state index contributed by atoms with van der Waals surface area (Å²) in [4.78, 5) is 11.6. The molecule has 0 aliphatic carbocycles. The van der Waals surface area contributed by atoms with Crippen LogP contribution in [-0.2, 0) is 15.0 Å². The van der Waals surface area contributed by atoms with Gasteiger partial charge in [-0.15, -0.1) is 0 Å². The zero-order valence-electron chi connectivity index (χ0n) is 13.1. The summed E-state index contributed by atoms with van der Waals surface area (Å²) < 4.78 is 41.5. The van der Waals surface area contributed by atoms with E-state index in [1.165, 1.54) is 16.4 Å². The van der Waals surface area contributed by atoms with E-state index in [4.69, 9.17) is 0 Å². The van der Waals surface area contributed by atoms with Crippen LogP contribution in [0.3, 0.4) is 0 Å². The molecule has 1 aromatic rings. The van der Waals surface area contributed by atoms with Crippen LogP contribution in [0.2, 0.25) is 0 Å². The van der Waals surface area contributed by atoms with Crippen LogP contribution in [0.1, 0.15) is 30.7 Å². The second-order valence-corrected chi connectivity index (χ2v) is 7.85. The summed E-state index contributed by atoms with van der Waals surface area (Å²) in [6.45, 7) is 0.793. The lowest BCUT2D eigenvalue weighted by atomic mass is 9.90. The van der Waals surface area contributed by atoms with Crippen molar-refractivity contribution in [3.63, 3.8) is 0 Å². The summed E-state index contributed by atoms with van der Waals surface area (Å²) in [6, 6.07) is 5.37. The largest absolute Gasteiger partial charge is 0.286 e. The van der Waals surface area contributed by atoms with Crippen LogP contribution < -0.4 is 4.72 Å². The van der Waals surface area contributed by atoms with E-state index in [1.54, 1.807) is 12.1 Å². The Hall–Kier alpha value is -1.55. The minimum absolute atomic E-state index is 0.124. The highest BCUT2D eigenvalue weighted by atomic mass is 32.2. The first-order valence-electron chi connectivity index (χ1n) is 7.90. The second kappa shape index (κ2) is 6.75. The molecule has 2 fully saturated rings. The van der Waals surface area contributed by atoms with Crippen molar-refractivity contribution in [3.05, 3.63) is 35.6 Å². The minimum Gasteiger partial charge on any atom is -0.286 e. The van der Waals surface area contributed by atoms with Crippen LogP contribution >= 0.6 is 0 Å². The molecule has 24 heavy (non-hydrogen) atoms. The van der Waals surface area contributed by atoms with Crippen molar-refractivity contribution in [2.45, 2.75) is 31.2 Å². The molecule has 2 heterocycles. The molecule has 0 spiro atoms. The van der Waals surface area contributed by atoms with Gasteiger partial charge in [-0.2, -0.15) is 17.4 Å². The maximum Gasteiger partial charge on any atom is 0.280 e. The number of hydrogen-bond donors (Lipinski definition) is 2. The van der Waals surface area contributed by atoms with Crippen LogP contribution in [0, 0.1) is 5.82 Å². The molecule has 2 aliphatic heterocycles. The monoisotopic (exact) mass is 357 g/mol. The number of benzene rings is 1. The molecule has 0 radical (unpaired) electrons. The molecular weight excluding hydrogens is 337 g/mol. The zero-order valence-corrected chi connectivity index (χ0v) is 13.9. The molecule has 0 aromatic heterocycles. The Morgan fingerprint density at radius 3 is 2.25 bits per heavy atom. The van der Waals surface area contributed by atoms with Gasteiger partial charge in [-0.3, -0.25) is 10.0 Å². The Bertz CT molecular complexity index is 702. The van der Waals surface area contributed by atoms with Gasteiger partial charge < -0.3 is 0 Å². The number of nitrogens with one attached hydrogen (secondary N) is 1. The van der Waals surface area contributed by atoms with Gasteiger partial charge in [0.2, 0.25) is 0 Å². The molecule has 1 unspecified atom stereocenters. The number of carbonyl (C=O) groups excluding carboxylic acids is 1. The van der Waals surface area contributed by atoms with E-state index in [2.05, 4.69) is 4.72 Å². The summed E-state index contributed by atoms with van der Waals surface area (Å²) >= 11 is 0. The van der Waals surface area contributed by atoms with E-state index in [0.29, 0.717) is 31.0 Å². The highest BCUT2D eigenvalue weighted by molar-refractivity contribution is 7.87. The molecule has 132 valence electrons. The van der Waals surface area contributed by atoms with Gasteiger partial charge in [-0.05, 0) is 42.9 Å². The van der Waals surface area contributed by atoms with E-state index >= 15 is 0 Å². The fraction of sp³-hybridized carbons (Fsp3) is 0.533. The van der Waals surface area contributed by atoms with Crippen molar-refractivity contribution in [2.24, 2.45) is 0 Å². The fourth-order valence-electron chi connectivity index (χ4n) is 3.19. The fourth-order valence-corrected chi connectivity index (χ4v) is 4.61. The standard InChI is InChI=1S/C15H20FN3O4S/c16-13-3-1-11(2-4-13)12-5-8-18(9-6-12)24(22,23)17-14-7-10-19(21)15(14)20/h1-4,12,14,17,21H,5-10H2. The molecule has 2 aliphatic rings. The van der Waals surface area contributed by atoms with Crippen molar-refractivity contribution in [1.29, 1.82) is 0 Å². The number of nitrogens with zero attached hydrogens (tertiary/aromatic N) is 2. The van der Waals surface area contributed by atoms with Crippen LogP contribution in [-0.4, -0.2) is 54.6 Å². The lowest BCUT2D eigenvalue weighted by molar-refractivity contribution is -0.158. The summed E-state index contributed by atoms with van der Waals surface area (Å²) in [5.74, 6) is -0.722. The van der Waals surface area contributed by atoms with E-state index in [0.717, 1.165) is 5.56 Å². The number of amides is 1. The highest BCUT2D eigenvalue weighted by Crippen LogP contribution is 2.29. The molecule has 1 atom stereocenters. The van der Waals surface area contributed by atoms with Crippen molar-refractivity contribution >= 4 is 16.1 Å². The average molecular weight is 357 g/mol. The molecule has 3 rings (SSSR count). The maximum absolute atomic E-state index is 13.0. The molecule has 0 bridgehead atoms. The predicted molar refractivity (Wildman–Crippen MR) is 83.9 cm³/mol. The second-order valence-electron chi connectivity index (χ2n) is 6.15. The van der Waals surface area contributed by atoms with Crippen LogP contribution in [0.15, 0.2) is 24.3 Å². The maximum atomic E-state index is 13.0. The van der Waals surface area contributed by atoms with Gasteiger partial charge in [0, 0.05) is 13.1 Å². The van der Waals surface area contributed by atoms with Crippen LogP contribution in [0.25, 0.3) is 0 Å². The number of hydrogen-bond acceptors (Lipinski definition) is 4. The van der Waals surface area contributed by atoms with Gasteiger partial charge >= 0.3 is 0 Å². The molecule has 1 aromatic carbocycles. The summed E-state index contributed by atoms with van der Waals surface area (Å²) in [6.07, 6.45) is 1.52. The lowest BCUT2D eigenvalue weighted by Gasteiger charge is -2.32. The SMILES string of the molecule is O=C1C(NS(=O)(=O)N2CCC(c3ccc(F)cc3)CC2)CCN1O. The first-order valence-corrected chi connectivity index (χ1v) is 9.34. The Balaban J connectivity index is 1.59. The van der Waals surface area contributed by atoms with E-state index in [9.17, 15) is 22.8 Å². The van der Waals surface area contributed by atoms with Crippen molar-refractivity contribution in [1.82, 2.24) is 14.1 Å². The first-order chi connectivity index (χ1) is 11.4. The number of carbonyl (C=O) groups is 1. The molecule has 7 nitrogen and oxygen atoms in total. The van der Waals surface area contributed by atoms with Crippen molar-refractivity contribution in [2.75, 3.05) is 19.6 Å². The van der Waals surface area contributed by atoms with Gasteiger partial charge in [-0.25, -0.2) is 9.45 Å². The van der Waals surface area contributed by atoms with Gasteiger partial charge in [0.25, 0.3) is 16.1 Å². The Morgan fingerprint density at radius 1 is 1.08 bits per heavy atom. The Labute approximate surface area is 140 Å². The summed E-state index contributed by atoms with van der Waals surface area (Å²) in [7, 11) is -3.77. The van der Waals surface area contributed by atoms with Gasteiger partial charge in [0.15, 0.2) is 0 Å². The molecular formula is C15H20FN3O4S. The molecule has 2 saturated heterocycles. The number of halogens is 1. The third kappa shape index (κ3) is 3.59. The summed E-state index contributed by atoms with van der Waals surface area (Å²) in [5.41, 5.74) is 1.00. The Morgan fingerprint density at radius 2 is 1.71 bits per heavy atom. The number of piperidine rings is 1. The molecule has 1 amide bonds. The van der Waals surface area contributed by atoms with Crippen molar-refractivity contribution < 1.29 is 22.8 Å². The minimum atomic E-state index is -3.77. The third-order valence-corrected chi connectivity index (χ3v) is 6.24. The quantitative estimate of drug-likeness (QED) is 0.781. The highest BCUT2D eigenvalue weighted by Gasteiger charge is 2.37. The number of rotatable bonds is 4. The smallest absolute Gasteiger partial charge is 0.280 e. The normalized spacial score (nSPS) is 23.8. The first kappa shape index (κ1) is 17.3. The average Bonchev–Trinajstić information content (AvgIpc) is 2.87. The lowest BCUT2D eigenvalue weighted by Crippen LogP contribution is -2.50.